The maximum Gasteiger partial charge on any atom is 0.119 e. The maximum atomic E-state index is 9.12. The lowest BCUT2D eigenvalue weighted by Gasteiger charge is -2.20. The first kappa shape index (κ1) is 15.3. The number of hydrogen-bond donors (Lipinski definition) is 1. The topological polar surface area (TPSA) is 32.7 Å². The van der Waals surface area contributed by atoms with Gasteiger partial charge in [0.25, 0.3) is 0 Å². The number of ether oxygens (including phenoxy) is 1. The number of rotatable bonds is 8. The molecule has 0 amide bonds. The van der Waals surface area contributed by atoms with Gasteiger partial charge in [-0.05, 0) is 46.7 Å². The largest absolute Gasteiger partial charge is 0.492 e. The molecule has 20 heavy (non-hydrogen) atoms. The Hall–Kier alpha value is -1.07. The lowest BCUT2D eigenvalue weighted by molar-refractivity contribution is 0.163. The second-order valence-corrected chi connectivity index (χ2v) is 5.65. The van der Waals surface area contributed by atoms with Gasteiger partial charge < -0.3 is 9.84 Å². The Bertz CT molecular complexity index is 487. The minimum Gasteiger partial charge on any atom is -0.492 e. The summed E-state index contributed by atoms with van der Waals surface area (Å²) in [5, 5.41) is 14.0. The van der Waals surface area contributed by atoms with E-state index in [1.165, 1.54) is 5.56 Å². The molecule has 0 radical (unpaired) electrons. The van der Waals surface area contributed by atoms with Crippen molar-refractivity contribution in [3.63, 3.8) is 0 Å². The molecule has 2 rings (SSSR count). The van der Waals surface area contributed by atoms with E-state index in [1.54, 1.807) is 11.3 Å². The number of aliphatic hydroxyl groups excluding tert-OH is 1. The molecular formula is C15H18ClNO2S. The molecule has 0 aliphatic rings. The summed E-state index contributed by atoms with van der Waals surface area (Å²) in [4.78, 5) is 2.18. The molecule has 0 saturated carbocycles. The zero-order valence-electron chi connectivity index (χ0n) is 11.2. The average Bonchev–Trinajstić information content (AvgIpc) is 2.94. The third-order valence-electron chi connectivity index (χ3n) is 2.89. The van der Waals surface area contributed by atoms with Crippen LogP contribution in [0, 0.1) is 0 Å². The van der Waals surface area contributed by atoms with Gasteiger partial charge >= 0.3 is 0 Å². The van der Waals surface area contributed by atoms with E-state index in [0.29, 0.717) is 18.2 Å². The van der Waals surface area contributed by atoms with Crippen LogP contribution in [0.4, 0.5) is 0 Å². The summed E-state index contributed by atoms with van der Waals surface area (Å²) >= 11 is 7.52. The lowest BCUT2D eigenvalue weighted by atomic mass is 10.3. The first-order valence-corrected chi connectivity index (χ1v) is 7.82. The van der Waals surface area contributed by atoms with Crippen LogP contribution in [0.25, 0.3) is 0 Å². The highest BCUT2D eigenvalue weighted by atomic mass is 35.5. The highest BCUT2D eigenvalue weighted by molar-refractivity contribution is 7.07. The fourth-order valence-corrected chi connectivity index (χ4v) is 2.66. The maximum absolute atomic E-state index is 9.12. The predicted molar refractivity (Wildman–Crippen MR) is 83.6 cm³/mol. The summed E-state index contributed by atoms with van der Waals surface area (Å²) in [5.74, 6) is 0.814. The van der Waals surface area contributed by atoms with Crippen molar-refractivity contribution in [2.45, 2.75) is 6.54 Å². The molecule has 0 bridgehead atoms. The number of aliphatic hydroxyl groups is 1. The quantitative estimate of drug-likeness (QED) is 0.812. The highest BCUT2D eigenvalue weighted by Gasteiger charge is 2.06. The Balaban J connectivity index is 1.78. The van der Waals surface area contributed by atoms with E-state index in [4.69, 9.17) is 21.4 Å². The number of nitrogens with zero attached hydrogens (tertiary/aromatic N) is 1. The first-order chi connectivity index (χ1) is 9.78. The second-order valence-electron chi connectivity index (χ2n) is 4.43. The molecule has 5 heteroatoms. The molecule has 3 nitrogen and oxygen atoms in total. The number of benzene rings is 1. The predicted octanol–water partition coefficient (Wildman–Crippen LogP) is 3.27. The normalized spacial score (nSPS) is 10.9. The smallest absolute Gasteiger partial charge is 0.119 e. The van der Waals surface area contributed by atoms with Gasteiger partial charge in [0.05, 0.1) is 6.61 Å². The van der Waals surface area contributed by atoms with Gasteiger partial charge in [0, 0.05) is 24.7 Å². The molecule has 0 saturated heterocycles. The Morgan fingerprint density at radius 3 is 2.60 bits per heavy atom. The van der Waals surface area contributed by atoms with Crippen LogP contribution >= 0.6 is 22.9 Å². The summed E-state index contributed by atoms with van der Waals surface area (Å²) in [5.41, 5.74) is 1.27. The number of halogens is 1. The third-order valence-corrected chi connectivity index (χ3v) is 3.88. The van der Waals surface area contributed by atoms with E-state index in [1.807, 2.05) is 24.3 Å². The molecule has 0 aliphatic carbocycles. The minimum absolute atomic E-state index is 0.158. The molecule has 0 spiro atoms. The van der Waals surface area contributed by atoms with Crippen LogP contribution in [0.15, 0.2) is 41.1 Å². The highest BCUT2D eigenvalue weighted by Crippen LogP contribution is 2.15. The van der Waals surface area contributed by atoms with Crippen molar-refractivity contribution in [2.24, 2.45) is 0 Å². The van der Waals surface area contributed by atoms with Crippen LogP contribution in [0.3, 0.4) is 0 Å². The molecule has 1 aromatic carbocycles. The SMILES string of the molecule is OCCN(CCOc1ccc(Cl)cc1)Cc1ccsc1. The standard InChI is InChI=1S/C15H18ClNO2S/c16-14-1-3-15(4-2-14)19-9-7-17(6-8-18)11-13-5-10-20-12-13/h1-5,10,12,18H,6-9,11H2. The Kier molecular flexibility index (Phi) is 6.33. The van der Waals surface area contributed by atoms with Gasteiger partial charge in [0.2, 0.25) is 0 Å². The summed E-state index contributed by atoms with van der Waals surface area (Å²) < 4.78 is 5.68. The monoisotopic (exact) mass is 311 g/mol. The fraction of sp³-hybridized carbons (Fsp3) is 0.333. The first-order valence-electron chi connectivity index (χ1n) is 6.50. The Morgan fingerprint density at radius 2 is 1.95 bits per heavy atom. The van der Waals surface area contributed by atoms with Crippen molar-refractivity contribution in [2.75, 3.05) is 26.3 Å². The van der Waals surface area contributed by atoms with Crippen LogP contribution in [0.2, 0.25) is 5.02 Å². The van der Waals surface area contributed by atoms with Crippen molar-refractivity contribution < 1.29 is 9.84 Å². The van der Waals surface area contributed by atoms with Crippen LogP contribution < -0.4 is 4.74 Å². The molecule has 1 aromatic heterocycles. The molecule has 0 unspecified atom stereocenters. The molecule has 108 valence electrons. The number of thiophene rings is 1. The zero-order valence-corrected chi connectivity index (χ0v) is 12.7. The number of hydrogen-bond acceptors (Lipinski definition) is 4. The van der Waals surface area contributed by atoms with E-state index < -0.39 is 0 Å². The molecule has 0 fully saturated rings. The van der Waals surface area contributed by atoms with Gasteiger partial charge in [-0.3, -0.25) is 4.90 Å². The third kappa shape index (κ3) is 5.13. The average molecular weight is 312 g/mol. The van der Waals surface area contributed by atoms with Gasteiger partial charge in [-0.2, -0.15) is 11.3 Å². The van der Waals surface area contributed by atoms with E-state index in [-0.39, 0.29) is 6.61 Å². The van der Waals surface area contributed by atoms with E-state index in [0.717, 1.165) is 18.8 Å². The van der Waals surface area contributed by atoms with Crippen molar-refractivity contribution in [1.29, 1.82) is 0 Å². The summed E-state index contributed by atoms with van der Waals surface area (Å²) in [6, 6.07) is 9.45. The van der Waals surface area contributed by atoms with E-state index >= 15 is 0 Å². The summed E-state index contributed by atoms with van der Waals surface area (Å²) in [7, 11) is 0. The van der Waals surface area contributed by atoms with E-state index in [9.17, 15) is 0 Å². The van der Waals surface area contributed by atoms with Gasteiger partial charge in [0.15, 0.2) is 0 Å². The molecule has 0 aliphatic heterocycles. The van der Waals surface area contributed by atoms with Gasteiger partial charge in [-0.25, -0.2) is 0 Å². The molecular weight excluding hydrogens is 294 g/mol. The van der Waals surface area contributed by atoms with Crippen LogP contribution in [-0.2, 0) is 6.54 Å². The Morgan fingerprint density at radius 1 is 1.15 bits per heavy atom. The molecule has 0 atom stereocenters. The Labute approximate surface area is 128 Å². The fourth-order valence-electron chi connectivity index (χ4n) is 1.88. The van der Waals surface area contributed by atoms with Gasteiger partial charge in [0.1, 0.15) is 12.4 Å². The van der Waals surface area contributed by atoms with Crippen molar-refractivity contribution in [3.05, 3.63) is 51.7 Å². The molecule has 2 aromatic rings. The molecule has 1 heterocycles. The van der Waals surface area contributed by atoms with Gasteiger partial charge in [-0.15, -0.1) is 0 Å². The van der Waals surface area contributed by atoms with Crippen molar-refractivity contribution in [1.82, 2.24) is 4.90 Å². The van der Waals surface area contributed by atoms with Crippen LogP contribution in [0.1, 0.15) is 5.56 Å². The summed E-state index contributed by atoms with van der Waals surface area (Å²) in [6.45, 7) is 3.02. The van der Waals surface area contributed by atoms with Gasteiger partial charge in [-0.1, -0.05) is 11.6 Å². The zero-order chi connectivity index (χ0) is 14.2. The molecule has 1 N–H and O–H groups in total. The lowest BCUT2D eigenvalue weighted by Crippen LogP contribution is -2.30. The van der Waals surface area contributed by atoms with Crippen LogP contribution in [0.5, 0.6) is 5.75 Å². The van der Waals surface area contributed by atoms with Crippen LogP contribution in [-0.4, -0.2) is 36.3 Å². The summed E-state index contributed by atoms with van der Waals surface area (Å²) in [6.07, 6.45) is 0. The van der Waals surface area contributed by atoms with Crippen molar-refractivity contribution in [3.8, 4) is 5.75 Å². The van der Waals surface area contributed by atoms with Crippen molar-refractivity contribution >= 4 is 22.9 Å². The second kappa shape index (κ2) is 8.27. The van der Waals surface area contributed by atoms with E-state index in [2.05, 4.69) is 21.7 Å². The minimum atomic E-state index is 0.158.